The van der Waals surface area contributed by atoms with Gasteiger partial charge in [0.05, 0.1) is 0 Å². The second-order valence-corrected chi connectivity index (χ2v) is 6.02. The van der Waals surface area contributed by atoms with Gasteiger partial charge >= 0.3 is 5.97 Å². The maximum Gasteiger partial charge on any atom is 0.363 e. The minimum absolute atomic E-state index is 0.223. The van der Waals surface area contributed by atoms with Crippen LogP contribution in [0.25, 0.3) is 6.08 Å². The first kappa shape index (κ1) is 13.6. The zero-order valence-electron chi connectivity index (χ0n) is 9.97. The van der Waals surface area contributed by atoms with Crippen LogP contribution in [0.2, 0.25) is 0 Å². The Morgan fingerprint density at radius 3 is 2.80 bits per heavy atom. The van der Waals surface area contributed by atoms with Gasteiger partial charge in [-0.05, 0) is 68.9 Å². The number of cyclic esters (lactones) is 1. The van der Waals surface area contributed by atoms with Crippen molar-refractivity contribution in [2.75, 3.05) is 0 Å². The highest BCUT2D eigenvalue weighted by Crippen LogP contribution is 2.22. The second kappa shape index (κ2) is 5.53. The number of benzene rings is 1. The molecule has 1 aliphatic heterocycles. The van der Waals surface area contributed by atoms with Gasteiger partial charge in [0.2, 0.25) is 5.90 Å². The number of nitrogens with zero attached hydrogens (tertiary/aromatic N) is 1. The Balaban J connectivity index is 1.94. The zero-order valence-corrected chi connectivity index (χ0v) is 13.7. The average Bonchev–Trinajstić information content (AvgIpc) is 2.97. The van der Waals surface area contributed by atoms with Crippen LogP contribution in [0, 0.1) is 3.57 Å². The van der Waals surface area contributed by atoms with Crippen molar-refractivity contribution in [1.82, 2.24) is 0 Å². The summed E-state index contributed by atoms with van der Waals surface area (Å²) in [6.07, 6.45) is 1.55. The molecule has 1 aromatic carbocycles. The molecule has 0 aliphatic carbocycles. The number of hydrogen-bond donors (Lipinski definition) is 0. The van der Waals surface area contributed by atoms with Crippen LogP contribution < -0.4 is 0 Å². The lowest BCUT2D eigenvalue weighted by molar-refractivity contribution is -0.129. The molecule has 0 amide bonds. The smallest absolute Gasteiger partial charge is 0.363 e. The molecule has 0 spiro atoms. The molecule has 0 unspecified atom stereocenters. The van der Waals surface area contributed by atoms with Crippen LogP contribution in [0.4, 0.5) is 0 Å². The fourth-order valence-corrected chi connectivity index (χ4v) is 2.56. The van der Waals surface area contributed by atoms with Crippen molar-refractivity contribution in [2.45, 2.75) is 0 Å². The summed E-state index contributed by atoms with van der Waals surface area (Å²) in [5, 5.41) is 0. The lowest BCUT2D eigenvalue weighted by atomic mass is 10.2. The van der Waals surface area contributed by atoms with E-state index < -0.39 is 5.97 Å². The van der Waals surface area contributed by atoms with Gasteiger partial charge in [0.25, 0.3) is 0 Å². The van der Waals surface area contributed by atoms with Crippen molar-refractivity contribution in [3.63, 3.8) is 0 Å². The molecule has 0 atom stereocenters. The lowest BCUT2D eigenvalue weighted by Gasteiger charge is -1.99. The van der Waals surface area contributed by atoms with E-state index in [4.69, 9.17) is 9.15 Å². The average molecular weight is 444 g/mol. The molecule has 2 aromatic rings. The maximum absolute atomic E-state index is 11.8. The quantitative estimate of drug-likeness (QED) is 0.400. The summed E-state index contributed by atoms with van der Waals surface area (Å²) in [5.74, 6) is 0.369. The third-order valence-corrected chi connectivity index (χ3v) is 3.66. The van der Waals surface area contributed by atoms with Crippen molar-refractivity contribution in [3.8, 4) is 0 Å². The Bertz CT molecular complexity index is 748. The van der Waals surface area contributed by atoms with E-state index in [0.717, 1.165) is 9.13 Å². The van der Waals surface area contributed by atoms with Crippen molar-refractivity contribution in [1.29, 1.82) is 0 Å². The van der Waals surface area contributed by atoms with Crippen molar-refractivity contribution >= 4 is 56.5 Å². The van der Waals surface area contributed by atoms with Crippen LogP contribution in [0.1, 0.15) is 11.3 Å². The van der Waals surface area contributed by atoms with Crippen LogP contribution in [0.5, 0.6) is 0 Å². The van der Waals surface area contributed by atoms with Gasteiger partial charge in [0.1, 0.15) is 5.76 Å². The third-order valence-electron chi connectivity index (χ3n) is 2.57. The van der Waals surface area contributed by atoms with Crippen molar-refractivity contribution in [3.05, 3.63) is 61.7 Å². The maximum atomic E-state index is 11.8. The highest BCUT2D eigenvalue weighted by molar-refractivity contribution is 14.1. The molecular formula is C14H7BrINO3. The second-order valence-electron chi connectivity index (χ2n) is 3.99. The SMILES string of the molecule is O=C1OC(c2cccc(I)c2)=N/C1=C\c1ccc(Br)o1. The van der Waals surface area contributed by atoms with E-state index >= 15 is 0 Å². The molecule has 20 heavy (non-hydrogen) atoms. The highest BCUT2D eigenvalue weighted by Gasteiger charge is 2.24. The molecule has 4 nitrogen and oxygen atoms in total. The van der Waals surface area contributed by atoms with Crippen LogP contribution in [-0.2, 0) is 9.53 Å². The van der Waals surface area contributed by atoms with E-state index in [1.165, 1.54) is 0 Å². The topological polar surface area (TPSA) is 51.8 Å². The molecule has 0 fully saturated rings. The number of esters is 1. The van der Waals surface area contributed by atoms with Crippen molar-refractivity contribution in [2.24, 2.45) is 4.99 Å². The fraction of sp³-hybridized carbons (Fsp3) is 0. The van der Waals surface area contributed by atoms with E-state index in [-0.39, 0.29) is 5.70 Å². The molecule has 3 rings (SSSR count). The van der Waals surface area contributed by atoms with E-state index in [9.17, 15) is 4.79 Å². The Morgan fingerprint density at radius 1 is 1.25 bits per heavy atom. The molecule has 0 N–H and O–H groups in total. The minimum atomic E-state index is -0.480. The number of hydrogen-bond acceptors (Lipinski definition) is 4. The number of rotatable bonds is 2. The van der Waals surface area contributed by atoms with E-state index in [1.807, 2.05) is 24.3 Å². The minimum Gasteiger partial charge on any atom is -0.450 e. The molecule has 0 radical (unpaired) electrons. The summed E-state index contributed by atoms with van der Waals surface area (Å²) in [7, 11) is 0. The number of carbonyl (C=O) groups is 1. The monoisotopic (exact) mass is 443 g/mol. The summed E-state index contributed by atoms with van der Waals surface area (Å²) < 4.78 is 12.1. The zero-order chi connectivity index (χ0) is 14.1. The van der Waals surface area contributed by atoms with E-state index in [1.54, 1.807) is 18.2 Å². The molecule has 6 heteroatoms. The van der Waals surface area contributed by atoms with Gasteiger partial charge in [-0.25, -0.2) is 9.79 Å². The predicted octanol–water partition coefficient (Wildman–Crippen LogP) is 3.99. The molecule has 100 valence electrons. The summed E-state index contributed by atoms with van der Waals surface area (Å²) in [5.41, 5.74) is 0.995. The van der Waals surface area contributed by atoms with Gasteiger partial charge in [-0.2, -0.15) is 0 Å². The Morgan fingerprint density at radius 2 is 2.10 bits per heavy atom. The number of ether oxygens (including phenoxy) is 1. The fourth-order valence-electron chi connectivity index (χ4n) is 1.69. The van der Waals surface area contributed by atoms with Crippen LogP contribution in [0.15, 0.2) is 56.2 Å². The molecule has 0 bridgehead atoms. The Hall–Kier alpha value is -1.41. The normalized spacial score (nSPS) is 16.4. The van der Waals surface area contributed by atoms with Gasteiger partial charge in [0.15, 0.2) is 10.4 Å². The van der Waals surface area contributed by atoms with Crippen LogP contribution >= 0.6 is 38.5 Å². The first-order chi connectivity index (χ1) is 9.61. The first-order valence-corrected chi connectivity index (χ1v) is 7.53. The summed E-state index contributed by atoms with van der Waals surface area (Å²) in [6, 6.07) is 11.1. The van der Waals surface area contributed by atoms with Crippen molar-refractivity contribution < 1.29 is 13.9 Å². The number of furan rings is 1. The van der Waals surface area contributed by atoms with Crippen LogP contribution in [0.3, 0.4) is 0 Å². The van der Waals surface area contributed by atoms with E-state index in [0.29, 0.717) is 16.3 Å². The largest absolute Gasteiger partial charge is 0.450 e. The van der Waals surface area contributed by atoms with E-state index in [2.05, 4.69) is 43.5 Å². The van der Waals surface area contributed by atoms with Gasteiger partial charge in [-0.3, -0.25) is 0 Å². The molecule has 2 heterocycles. The number of halogens is 2. The lowest BCUT2D eigenvalue weighted by Crippen LogP contribution is -2.05. The van der Waals surface area contributed by atoms with Gasteiger partial charge < -0.3 is 9.15 Å². The summed E-state index contributed by atoms with van der Waals surface area (Å²) in [4.78, 5) is 16.0. The Labute approximate surface area is 136 Å². The van der Waals surface area contributed by atoms with Crippen LogP contribution in [-0.4, -0.2) is 11.9 Å². The molecule has 0 saturated heterocycles. The third kappa shape index (κ3) is 2.85. The molecule has 1 aliphatic rings. The van der Waals surface area contributed by atoms with Gasteiger partial charge in [-0.1, -0.05) is 6.07 Å². The number of carbonyl (C=O) groups excluding carboxylic acids is 1. The molecular weight excluding hydrogens is 437 g/mol. The Kier molecular flexibility index (Phi) is 3.75. The highest BCUT2D eigenvalue weighted by atomic mass is 127. The summed E-state index contributed by atoms with van der Waals surface area (Å²) >= 11 is 5.40. The van der Waals surface area contributed by atoms with Gasteiger partial charge in [0, 0.05) is 15.2 Å². The number of aliphatic imine (C=N–C) groups is 1. The van der Waals surface area contributed by atoms with Gasteiger partial charge in [-0.15, -0.1) is 0 Å². The molecule has 0 saturated carbocycles. The molecule has 1 aromatic heterocycles. The summed E-state index contributed by atoms with van der Waals surface area (Å²) in [6.45, 7) is 0. The first-order valence-electron chi connectivity index (χ1n) is 5.66. The standard InChI is InChI=1S/C14H7BrINO3/c15-12-5-4-10(19-12)7-11-14(18)20-13(17-11)8-2-1-3-9(16)6-8/h1-7H/b11-7-. The predicted molar refractivity (Wildman–Crippen MR) is 86.2 cm³/mol.